The molecule has 2 N–H and O–H groups in total. The standard InChI is InChI=1S/C14H24N4O2/c1-2-15-13(12-10-16-18-17-12)11-3-6-20-14(9-11)4-7-19-8-5-14/h10-11,13,15H,2-9H2,1H3,(H,16,17,18). The summed E-state index contributed by atoms with van der Waals surface area (Å²) in [6.45, 7) is 5.55. The highest BCUT2D eigenvalue weighted by Crippen LogP contribution is 2.41. The third-order valence-corrected chi connectivity index (χ3v) is 4.58. The summed E-state index contributed by atoms with van der Waals surface area (Å²) in [5.41, 5.74) is 1.04. The third kappa shape index (κ3) is 2.87. The molecular weight excluding hydrogens is 256 g/mol. The van der Waals surface area contributed by atoms with Crippen LogP contribution < -0.4 is 5.32 Å². The van der Waals surface area contributed by atoms with Gasteiger partial charge >= 0.3 is 0 Å². The van der Waals surface area contributed by atoms with Crippen molar-refractivity contribution in [3.05, 3.63) is 11.9 Å². The number of ether oxygens (including phenoxy) is 2. The van der Waals surface area contributed by atoms with Crippen LogP contribution in [0.25, 0.3) is 0 Å². The second kappa shape index (κ2) is 6.20. The van der Waals surface area contributed by atoms with E-state index in [1.165, 1.54) is 0 Å². The maximum Gasteiger partial charge on any atom is 0.0996 e. The van der Waals surface area contributed by atoms with E-state index in [-0.39, 0.29) is 11.6 Å². The van der Waals surface area contributed by atoms with Crippen LogP contribution in [0.3, 0.4) is 0 Å². The molecule has 0 aliphatic carbocycles. The van der Waals surface area contributed by atoms with Crippen LogP contribution in [0, 0.1) is 5.92 Å². The number of hydrogen-bond acceptors (Lipinski definition) is 5. The van der Waals surface area contributed by atoms with Crippen molar-refractivity contribution in [2.75, 3.05) is 26.4 Å². The molecule has 2 aliphatic rings. The largest absolute Gasteiger partial charge is 0.381 e. The highest BCUT2D eigenvalue weighted by atomic mass is 16.5. The van der Waals surface area contributed by atoms with Gasteiger partial charge in [0.2, 0.25) is 0 Å². The number of aromatic nitrogens is 3. The van der Waals surface area contributed by atoms with E-state index in [0.29, 0.717) is 5.92 Å². The summed E-state index contributed by atoms with van der Waals surface area (Å²) in [7, 11) is 0. The van der Waals surface area contributed by atoms with Gasteiger partial charge in [0.05, 0.1) is 23.5 Å². The minimum atomic E-state index is 0.0264. The summed E-state index contributed by atoms with van der Waals surface area (Å²) in [4.78, 5) is 0. The summed E-state index contributed by atoms with van der Waals surface area (Å²) in [6, 6.07) is 0.266. The van der Waals surface area contributed by atoms with Crippen molar-refractivity contribution in [3.8, 4) is 0 Å². The Morgan fingerprint density at radius 1 is 1.45 bits per heavy atom. The number of hydrogen-bond donors (Lipinski definition) is 2. The van der Waals surface area contributed by atoms with Crippen LogP contribution in [0.1, 0.15) is 44.3 Å². The Morgan fingerprint density at radius 3 is 3.00 bits per heavy atom. The zero-order chi connectivity index (χ0) is 13.8. The van der Waals surface area contributed by atoms with Crippen molar-refractivity contribution in [1.82, 2.24) is 20.7 Å². The second-order valence-corrected chi connectivity index (χ2v) is 5.83. The second-order valence-electron chi connectivity index (χ2n) is 5.83. The van der Waals surface area contributed by atoms with Crippen LogP contribution >= 0.6 is 0 Å². The van der Waals surface area contributed by atoms with Crippen molar-refractivity contribution >= 4 is 0 Å². The quantitative estimate of drug-likeness (QED) is 0.873. The molecule has 20 heavy (non-hydrogen) atoms. The Labute approximate surface area is 119 Å². The molecular formula is C14H24N4O2. The fraction of sp³-hybridized carbons (Fsp3) is 0.857. The summed E-state index contributed by atoms with van der Waals surface area (Å²) < 4.78 is 11.6. The summed E-state index contributed by atoms with van der Waals surface area (Å²) in [5.74, 6) is 0.548. The molecule has 2 unspecified atom stereocenters. The van der Waals surface area contributed by atoms with Gasteiger partial charge in [-0.05, 0) is 38.1 Å². The lowest BCUT2D eigenvalue weighted by Gasteiger charge is -2.45. The topological polar surface area (TPSA) is 72.1 Å². The fourth-order valence-electron chi connectivity index (χ4n) is 3.53. The van der Waals surface area contributed by atoms with Gasteiger partial charge in [-0.15, -0.1) is 0 Å². The summed E-state index contributed by atoms with van der Waals surface area (Å²) >= 11 is 0. The Morgan fingerprint density at radius 2 is 2.30 bits per heavy atom. The van der Waals surface area contributed by atoms with Crippen molar-refractivity contribution in [2.45, 2.75) is 44.2 Å². The van der Waals surface area contributed by atoms with Crippen molar-refractivity contribution in [2.24, 2.45) is 5.92 Å². The molecule has 112 valence electrons. The van der Waals surface area contributed by atoms with Gasteiger partial charge in [0.1, 0.15) is 0 Å². The predicted molar refractivity (Wildman–Crippen MR) is 74.3 cm³/mol. The maximum absolute atomic E-state index is 6.13. The average Bonchev–Trinajstić information content (AvgIpc) is 2.99. The first kappa shape index (κ1) is 14.0. The van der Waals surface area contributed by atoms with E-state index in [9.17, 15) is 0 Å². The zero-order valence-corrected chi connectivity index (χ0v) is 12.1. The molecule has 2 aliphatic heterocycles. The normalized spacial score (nSPS) is 27.6. The fourth-order valence-corrected chi connectivity index (χ4v) is 3.53. The van der Waals surface area contributed by atoms with Gasteiger partial charge in [0.15, 0.2) is 0 Å². The van der Waals surface area contributed by atoms with E-state index in [4.69, 9.17) is 9.47 Å². The predicted octanol–water partition coefficient (Wildman–Crippen LogP) is 1.43. The first-order valence-corrected chi connectivity index (χ1v) is 7.64. The lowest BCUT2D eigenvalue weighted by molar-refractivity contribution is -0.150. The Balaban J connectivity index is 1.73. The molecule has 0 saturated carbocycles. The van der Waals surface area contributed by atoms with E-state index in [1.807, 2.05) is 6.20 Å². The number of aromatic amines is 1. The first-order chi connectivity index (χ1) is 9.83. The van der Waals surface area contributed by atoms with Crippen LogP contribution in [0.2, 0.25) is 0 Å². The molecule has 6 nitrogen and oxygen atoms in total. The Hall–Kier alpha value is -0.980. The van der Waals surface area contributed by atoms with Gasteiger partial charge in [-0.1, -0.05) is 6.92 Å². The number of H-pyrrole nitrogens is 1. The van der Waals surface area contributed by atoms with Crippen LogP contribution in [0.4, 0.5) is 0 Å². The molecule has 2 saturated heterocycles. The molecule has 1 aromatic rings. The van der Waals surface area contributed by atoms with Crippen LogP contribution in [0.15, 0.2) is 6.20 Å². The van der Waals surface area contributed by atoms with Crippen molar-refractivity contribution < 1.29 is 9.47 Å². The SMILES string of the molecule is CCNC(c1cn[nH]n1)C1CCOC2(CCOCC2)C1. The highest BCUT2D eigenvalue weighted by molar-refractivity contribution is 5.04. The molecule has 0 aromatic carbocycles. The van der Waals surface area contributed by atoms with Crippen LogP contribution in [-0.4, -0.2) is 47.4 Å². The molecule has 2 atom stereocenters. The van der Waals surface area contributed by atoms with E-state index >= 15 is 0 Å². The maximum atomic E-state index is 6.13. The van der Waals surface area contributed by atoms with Gasteiger partial charge in [-0.25, -0.2) is 0 Å². The van der Waals surface area contributed by atoms with Gasteiger partial charge in [-0.3, -0.25) is 0 Å². The van der Waals surface area contributed by atoms with Gasteiger partial charge in [0, 0.05) is 19.8 Å². The molecule has 2 fully saturated rings. The smallest absolute Gasteiger partial charge is 0.0996 e. The molecule has 3 rings (SSSR count). The third-order valence-electron chi connectivity index (χ3n) is 4.58. The minimum absolute atomic E-state index is 0.0264. The molecule has 0 radical (unpaired) electrons. The van der Waals surface area contributed by atoms with Crippen molar-refractivity contribution in [3.63, 3.8) is 0 Å². The average molecular weight is 280 g/mol. The molecule has 6 heteroatoms. The molecule has 1 aromatic heterocycles. The van der Waals surface area contributed by atoms with Gasteiger partial charge in [0.25, 0.3) is 0 Å². The molecule has 3 heterocycles. The summed E-state index contributed by atoms with van der Waals surface area (Å²) in [5, 5.41) is 14.5. The number of nitrogens with one attached hydrogen (secondary N) is 2. The first-order valence-electron chi connectivity index (χ1n) is 7.64. The Bertz CT molecular complexity index is 398. The van der Waals surface area contributed by atoms with Crippen LogP contribution in [-0.2, 0) is 9.47 Å². The Kier molecular flexibility index (Phi) is 4.33. The minimum Gasteiger partial charge on any atom is -0.381 e. The highest BCUT2D eigenvalue weighted by Gasteiger charge is 2.41. The van der Waals surface area contributed by atoms with E-state index in [0.717, 1.165) is 57.7 Å². The van der Waals surface area contributed by atoms with E-state index < -0.39 is 0 Å². The molecule has 0 amide bonds. The zero-order valence-electron chi connectivity index (χ0n) is 12.1. The van der Waals surface area contributed by atoms with E-state index in [1.54, 1.807) is 0 Å². The molecule has 1 spiro atoms. The number of rotatable bonds is 4. The molecule has 0 bridgehead atoms. The summed E-state index contributed by atoms with van der Waals surface area (Å²) in [6.07, 6.45) is 6.02. The lowest BCUT2D eigenvalue weighted by atomic mass is 9.77. The van der Waals surface area contributed by atoms with E-state index in [2.05, 4.69) is 27.7 Å². The monoisotopic (exact) mass is 280 g/mol. The van der Waals surface area contributed by atoms with Gasteiger partial charge < -0.3 is 14.8 Å². The lowest BCUT2D eigenvalue weighted by Crippen LogP contribution is -2.47. The van der Waals surface area contributed by atoms with Crippen molar-refractivity contribution in [1.29, 1.82) is 0 Å². The number of nitrogens with zero attached hydrogens (tertiary/aromatic N) is 2. The van der Waals surface area contributed by atoms with Gasteiger partial charge in [-0.2, -0.15) is 15.4 Å². The van der Waals surface area contributed by atoms with Crippen LogP contribution in [0.5, 0.6) is 0 Å².